The number of nitro groups is 1. The van der Waals surface area contributed by atoms with Gasteiger partial charge in [0.15, 0.2) is 11.6 Å². The predicted molar refractivity (Wildman–Crippen MR) is 140 cm³/mol. The molecule has 0 saturated carbocycles. The molecule has 1 unspecified atom stereocenters. The van der Waals surface area contributed by atoms with Gasteiger partial charge in [0.1, 0.15) is 5.82 Å². The standard InChI is InChI=1S/C25H18F2N4O3S.BrH/c1-34-24-10-7-17(12-20(24)27)22-14-35-25(28-22)30-23(15-5-8-18(26)9-6-15)13-21(29-30)16-3-2-4-19(11-16)31(32)33;/h2-12,14,23H,13H2,1H3;1H. The fraction of sp³-hybridized carbons (Fsp3) is 0.120. The lowest BCUT2D eigenvalue weighted by atomic mass is 9.98. The molecule has 1 aliphatic rings. The summed E-state index contributed by atoms with van der Waals surface area (Å²) in [5.41, 5.74) is 3.23. The second-order valence-electron chi connectivity index (χ2n) is 7.83. The molecule has 0 spiro atoms. The van der Waals surface area contributed by atoms with Crippen molar-refractivity contribution in [2.75, 3.05) is 12.1 Å². The monoisotopic (exact) mass is 572 g/mol. The highest BCUT2D eigenvalue weighted by atomic mass is 79.9. The first-order valence-electron chi connectivity index (χ1n) is 10.6. The summed E-state index contributed by atoms with van der Waals surface area (Å²) in [6.07, 6.45) is 0.443. The van der Waals surface area contributed by atoms with Crippen molar-refractivity contribution in [3.05, 3.63) is 105 Å². The van der Waals surface area contributed by atoms with E-state index in [4.69, 9.17) is 9.84 Å². The van der Waals surface area contributed by atoms with Crippen LogP contribution in [0.25, 0.3) is 11.3 Å². The lowest BCUT2D eigenvalue weighted by molar-refractivity contribution is -0.384. The lowest BCUT2D eigenvalue weighted by Gasteiger charge is -2.21. The third-order valence-electron chi connectivity index (χ3n) is 5.69. The minimum atomic E-state index is -0.490. The van der Waals surface area contributed by atoms with Crippen molar-refractivity contribution in [3.8, 4) is 17.0 Å². The topological polar surface area (TPSA) is 80.9 Å². The van der Waals surface area contributed by atoms with Gasteiger partial charge < -0.3 is 4.74 Å². The number of nitrogens with zero attached hydrogens (tertiary/aromatic N) is 4. The third kappa shape index (κ3) is 4.98. The molecule has 1 aliphatic heterocycles. The van der Waals surface area contributed by atoms with Crippen molar-refractivity contribution < 1.29 is 18.4 Å². The Bertz CT molecular complexity index is 1450. The number of nitro benzene ring substituents is 1. The number of ether oxygens (including phenoxy) is 1. The van der Waals surface area contributed by atoms with Crippen molar-refractivity contribution >= 4 is 44.8 Å². The molecule has 0 aliphatic carbocycles. The molecule has 0 saturated heterocycles. The lowest BCUT2D eigenvalue weighted by Crippen LogP contribution is -2.18. The van der Waals surface area contributed by atoms with Gasteiger partial charge in [-0.2, -0.15) is 5.10 Å². The van der Waals surface area contributed by atoms with Gasteiger partial charge in [0.2, 0.25) is 5.13 Å². The van der Waals surface area contributed by atoms with E-state index in [1.807, 2.05) is 0 Å². The molecule has 2 heterocycles. The molecule has 184 valence electrons. The minimum Gasteiger partial charge on any atom is -0.494 e. The third-order valence-corrected chi connectivity index (χ3v) is 6.52. The van der Waals surface area contributed by atoms with E-state index in [0.29, 0.717) is 34.1 Å². The van der Waals surface area contributed by atoms with E-state index in [9.17, 15) is 18.9 Å². The van der Waals surface area contributed by atoms with Crippen LogP contribution in [0.15, 0.2) is 77.2 Å². The zero-order chi connectivity index (χ0) is 24.5. The summed E-state index contributed by atoms with van der Waals surface area (Å²) in [5, 5.41) is 20.1. The molecule has 5 rings (SSSR count). The molecular formula is C25H19BrF2N4O3S. The molecule has 1 aromatic heterocycles. The number of methoxy groups -OCH3 is 1. The number of rotatable bonds is 6. The van der Waals surface area contributed by atoms with Crippen molar-refractivity contribution in [3.63, 3.8) is 0 Å². The molecular weight excluding hydrogens is 554 g/mol. The summed E-state index contributed by atoms with van der Waals surface area (Å²) >= 11 is 1.34. The van der Waals surface area contributed by atoms with Crippen molar-refractivity contribution in [1.29, 1.82) is 0 Å². The molecule has 4 aromatic rings. The second kappa shape index (κ2) is 10.5. The fourth-order valence-corrected chi connectivity index (χ4v) is 4.77. The number of hydrogen-bond donors (Lipinski definition) is 0. The van der Waals surface area contributed by atoms with Crippen LogP contribution in [0.4, 0.5) is 19.6 Å². The maximum atomic E-state index is 14.2. The summed E-state index contributed by atoms with van der Waals surface area (Å²) in [7, 11) is 1.40. The van der Waals surface area contributed by atoms with Crippen LogP contribution in [-0.4, -0.2) is 22.7 Å². The molecule has 3 aromatic carbocycles. The summed E-state index contributed by atoms with van der Waals surface area (Å²) < 4.78 is 32.8. The van der Waals surface area contributed by atoms with Crippen LogP contribution >= 0.6 is 28.3 Å². The Labute approximate surface area is 219 Å². The van der Waals surface area contributed by atoms with Crippen LogP contribution in [-0.2, 0) is 0 Å². The van der Waals surface area contributed by atoms with Gasteiger partial charge in [-0.25, -0.2) is 18.8 Å². The summed E-state index contributed by atoms with van der Waals surface area (Å²) in [6.45, 7) is 0. The first-order valence-corrected chi connectivity index (χ1v) is 11.5. The largest absolute Gasteiger partial charge is 0.494 e. The summed E-state index contributed by atoms with van der Waals surface area (Å²) in [4.78, 5) is 15.5. The van der Waals surface area contributed by atoms with Crippen LogP contribution in [0.2, 0.25) is 0 Å². The van der Waals surface area contributed by atoms with Crippen LogP contribution in [0.1, 0.15) is 23.6 Å². The molecule has 0 N–H and O–H groups in total. The Balaban J connectivity index is 0.00000304. The van der Waals surface area contributed by atoms with E-state index in [1.54, 1.807) is 46.8 Å². The Kier molecular flexibility index (Phi) is 7.41. The van der Waals surface area contributed by atoms with Crippen LogP contribution in [0.5, 0.6) is 5.75 Å². The predicted octanol–water partition coefficient (Wildman–Crippen LogP) is 6.94. The number of non-ortho nitro benzene ring substituents is 1. The average molecular weight is 573 g/mol. The Hall–Kier alpha value is -3.70. The van der Waals surface area contributed by atoms with Crippen molar-refractivity contribution in [1.82, 2.24) is 4.98 Å². The maximum absolute atomic E-state index is 14.2. The van der Waals surface area contributed by atoms with E-state index in [0.717, 1.165) is 5.56 Å². The number of anilines is 1. The van der Waals surface area contributed by atoms with Gasteiger partial charge in [0, 0.05) is 35.1 Å². The number of aromatic nitrogens is 1. The van der Waals surface area contributed by atoms with Gasteiger partial charge in [-0.15, -0.1) is 28.3 Å². The highest BCUT2D eigenvalue weighted by molar-refractivity contribution is 8.93. The fourth-order valence-electron chi connectivity index (χ4n) is 3.93. The highest BCUT2D eigenvalue weighted by Gasteiger charge is 2.32. The first-order chi connectivity index (χ1) is 16.9. The number of benzene rings is 3. The molecule has 0 bridgehead atoms. The Morgan fingerprint density at radius 2 is 1.86 bits per heavy atom. The van der Waals surface area contributed by atoms with Crippen molar-refractivity contribution in [2.24, 2.45) is 5.10 Å². The SMILES string of the molecule is Br.COc1ccc(-c2csc(N3N=C(c4cccc([N+](=O)[O-])c4)CC3c3ccc(F)cc3)n2)cc1F. The molecule has 36 heavy (non-hydrogen) atoms. The summed E-state index contributed by atoms with van der Waals surface area (Å²) in [5.74, 6) is -0.696. The second-order valence-corrected chi connectivity index (χ2v) is 8.67. The molecule has 11 heteroatoms. The zero-order valence-corrected chi connectivity index (χ0v) is 21.3. The van der Waals surface area contributed by atoms with Gasteiger partial charge in [0.05, 0.1) is 29.5 Å². The average Bonchev–Trinajstić information content (AvgIpc) is 3.52. The van der Waals surface area contributed by atoms with E-state index in [-0.39, 0.29) is 40.3 Å². The van der Waals surface area contributed by atoms with Crippen LogP contribution in [0.3, 0.4) is 0 Å². The highest BCUT2D eigenvalue weighted by Crippen LogP contribution is 2.40. The van der Waals surface area contributed by atoms with Gasteiger partial charge in [-0.05, 0) is 35.9 Å². The van der Waals surface area contributed by atoms with E-state index >= 15 is 0 Å². The van der Waals surface area contributed by atoms with E-state index in [2.05, 4.69) is 4.98 Å². The quantitative estimate of drug-likeness (QED) is 0.185. The van der Waals surface area contributed by atoms with Crippen LogP contribution in [0, 0.1) is 21.7 Å². The molecule has 0 radical (unpaired) electrons. The van der Waals surface area contributed by atoms with Gasteiger partial charge in [-0.3, -0.25) is 10.1 Å². The Morgan fingerprint density at radius 3 is 2.56 bits per heavy atom. The van der Waals surface area contributed by atoms with Crippen molar-refractivity contribution in [2.45, 2.75) is 12.5 Å². The number of hydrogen-bond acceptors (Lipinski definition) is 7. The molecule has 1 atom stereocenters. The van der Waals surface area contributed by atoms with Gasteiger partial charge in [-0.1, -0.05) is 24.3 Å². The van der Waals surface area contributed by atoms with E-state index in [1.165, 1.54) is 48.8 Å². The minimum absolute atomic E-state index is 0. The Morgan fingerprint density at radius 1 is 1.08 bits per heavy atom. The first kappa shape index (κ1) is 25.4. The zero-order valence-electron chi connectivity index (χ0n) is 18.8. The maximum Gasteiger partial charge on any atom is 0.270 e. The van der Waals surface area contributed by atoms with Gasteiger partial charge in [0.25, 0.3) is 5.69 Å². The van der Waals surface area contributed by atoms with E-state index < -0.39 is 10.7 Å². The van der Waals surface area contributed by atoms with Gasteiger partial charge >= 0.3 is 0 Å². The molecule has 7 nitrogen and oxygen atoms in total. The summed E-state index contributed by atoms with van der Waals surface area (Å²) in [6, 6.07) is 16.8. The number of hydrazone groups is 1. The smallest absolute Gasteiger partial charge is 0.270 e. The molecule has 0 fully saturated rings. The normalized spacial score (nSPS) is 14.8. The number of thiazole rings is 1. The van der Waals surface area contributed by atoms with Crippen LogP contribution < -0.4 is 9.75 Å². The number of halogens is 3. The molecule has 0 amide bonds.